The molecule has 2 atom stereocenters. The molecule has 2 amide bonds. The van der Waals surface area contributed by atoms with Crippen molar-refractivity contribution in [2.45, 2.75) is 19.8 Å². The van der Waals surface area contributed by atoms with Gasteiger partial charge in [-0.25, -0.2) is 4.79 Å². The average molecular weight is 380 g/mol. The second-order valence-corrected chi connectivity index (χ2v) is 7.08. The summed E-state index contributed by atoms with van der Waals surface area (Å²) in [6, 6.07) is 14.0. The first-order valence-electron chi connectivity index (χ1n) is 9.34. The minimum atomic E-state index is -0.369. The topological polar surface area (TPSA) is 84.5 Å². The van der Waals surface area contributed by atoms with E-state index in [-0.39, 0.29) is 23.7 Å². The quantitative estimate of drug-likeness (QED) is 0.723. The Balaban J connectivity index is 1.45. The molecule has 0 aliphatic heterocycles. The van der Waals surface area contributed by atoms with Gasteiger partial charge in [-0.2, -0.15) is 0 Å². The van der Waals surface area contributed by atoms with Crippen molar-refractivity contribution in [1.82, 2.24) is 5.32 Å². The Labute approximate surface area is 164 Å². The molecule has 0 bridgehead atoms. The highest BCUT2D eigenvalue weighted by atomic mass is 16.5. The molecule has 0 saturated heterocycles. The molecular weight excluding hydrogens is 356 g/mol. The number of esters is 1. The van der Waals surface area contributed by atoms with Crippen LogP contribution in [-0.2, 0) is 16.0 Å². The number of ether oxygens (including phenoxy) is 1. The normalized spacial score (nSPS) is 17.5. The van der Waals surface area contributed by atoms with Crippen LogP contribution in [0.4, 0.5) is 5.69 Å². The van der Waals surface area contributed by atoms with Gasteiger partial charge in [-0.15, -0.1) is 0 Å². The van der Waals surface area contributed by atoms with Crippen molar-refractivity contribution in [2.75, 3.05) is 19.0 Å². The van der Waals surface area contributed by atoms with Gasteiger partial charge in [0, 0.05) is 23.7 Å². The lowest BCUT2D eigenvalue weighted by atomic mass is 10.1. The minimum Gasteiger partial charge on any atom is -0.465 e. The van der Waals surface area contributed by atoms with Gasteiger partial charge in [-0.3, -0.25) is 9.59 Å². The fourth-order valence-electron chi connectivity index (χ4n) is 2.98. The van der Waals surface area contributed by atoms with E-state index in [1.165, 1.54) is 7.11 Å². The Bertz CT molecular complexity index is 859. The van der Waals surface area contributed by atoms with Crippen LogP contribution in [0.5, 0.6) is 0 Å². The van der Waals surface area contributed by atoms with Gasteiger partial charge in [0.25, 0.3) is 5.91 Å². The summed E-state index contributed by atoms with van der Waals surface area (Å²) in [5, 5.41) is 5.75. The van der Waals surface area contributed by atoms with Crippen molar-refractivity contribution in [3.63, 3.8) is 0 Å². The molecule has 1 fully saturated rings. The lowest BCUT2D eigenvalue weighted by Gasteiger charge is -2.08. The van der Waals surface area contributed by atoms with Gasteiger partial charge in [0.05, 0.1) is 12.7 Å². The Morgan fingerprint density at radius 2 is 1.61 bits per heavy atom. The number of carbonyl (C=O) groups excluding carboxylic acids is 3. The number of nitrogens with one attached hydrogen (secondary N) is 2. The van der Waals surface area contributed by atoms with Gasteiger partial charge in [0.2, 0.25) is 5.91 Å². The van der Waals surface area contributed by atoms with Crippen molar-refractivity contribution in [3.05, 3.63) is 65.2 Å². The van der Waals surface area contributed by atoms with E-state index in [1.54, 1.807) is 36.4 Å². The summed E-state index contributed by atoms with van der Waals surface area (Å²) in [7, 11) is 1.35. The number of hydrogen-bond donors (Lipinski definition) is 2. The first kappa shape index (κ1) is 19.6. The Kier molecular flexibility index (Phi) is 6.09. The molecule has 6 nitrogen and oxygen atoms in total. The monoisotopic (exact) mass is 380 g/mol. The highest BCUT2D eigenvalue weighted by Crippen LogP contribution is 2.38. The van der Waals surface area contributed by atoms with Gasteiger partial charge < -0.3 is 15.4 Å². The largest absolute Gasteiger partial charge is 0.465 e. The lowest BCUT2D eigenvalue weighted by molar-refractivity contribution is -0.117. The molecule has 0 heterocycles. The standard InChI is InChI=1S/C22H24N2O4/c1-14-13-19(14)21(26)24-18-9-7-16(8-10-18)20(25)23-12-11-15-3-5-17(6-4-15)22(27)28-2/h3-10,14,19H,11-13H2,1-2H3,(H,23,25)(H,24,26). The molecule has 3 rings (SSSR count). The third-order valence-corrected chi connectivity index (χ3v) is 4.94. The third-order valence-electron chi connectivity index (χ3n) is 4.94. The van der Waals surface area contributed by atoms with E-state index in [0.717, 1.165) is 12.0 Å². The molecule has 2 aromatic carbocycles. The summed E-state index contributed by atoms with van der Waals surface area (Å²) in [4.78, 5) is 35.6. The molecule has 2 N–H and O–H groups in total. The van der Waals surface area contributed by atoms with E-state index in [9.17, 15) is 14.4 Å². The molecule has 1 saturated carbocycles. The van der Waals surface area contributed by atoms with Gasteiger partial charge in [-0.05, 0) is 60.7 Å². The van der Waals surface area contributed by atoms with E-state index in [4.69, 9.17) is 0 Å². The van der Waals surface area contributed by atoms with Gasteiger partial charge in [-0.1, -0.05) is 19.1 Å². The smallest absolute Gasteiger partial charge is 0.337 e. The van der Waals surface area contributed by atoms with Crippen LogP contribution in [0.3, 0.4) is 0 Å². The van der Waals surface area contributed by atoms with Crippen molar-refractivity contribution in [2.24, 2.45) is 11.8 Å². The summed E-state index contributed by atoms with van der Waals surface area (Å²) in [5.74, 6) is 0.0836. The molecule has 1 aliphatic carbocycles. The zero-order chi connectivity index (χ0) is 20.1. The maximum atomic E-state index is 12.3. The van der Waals surface area contributed by atoms with Gasteiger partial charge in [0.15, 0.2) is 0 Å². The van der Waals surface area contributed by atoms with Crippen LogP contribution in [0.1, 0.15) is 39.6 Å². The third kappa shape index (κ3) is 4.97. The zero-order valence-electron chi connectivity index (χ0n) is 16.0. The first-order chi connectivity index (χ1) is 13.5. The van der Waals surface area contributed by atoms with Crippen LogP contribution in [-0.4, -0.2) is 31.4 Å². The van der Waals surface area contributed by atoms with E-state index in [2.05, 4.69) is 22.3 Å². The van der Waals surface area contributed by atoms with Crippen molar-refractivity contribution in [1.29, 1.82) is 0 Å². The Morgan fingerprint density at radius 1 is 1.00 bits per heavy atom. The molecule has 2 aromatic rings. The van der Waals surface area contributed by atoms with E-state index < -0.39 is 0 Å². The van der Waals surface area contributed by atoms with Crippen molar-refractivity contribution >= 4 is 23.5 Å². The fourth-order valence-corrected chi connectivity index (χ4v) is 2.98. The molecular formula is C22H24N2O4. The number of benzene rings is 2. The summed E-state index contributed by atoms with van der Waals surface area (Å²) >= 11 is 0. The number of carbonyl (C=O) groups is 3. The highest BCUT2D eigenvalue weighted by Gasteiger charge is 2.39. The minimum absolute atomic E-state index is 0.0444. The van der Waals surface area contributed by atoms with Crippen molar-refractivity contribution in [3.8, 4) is 0 Å². The molecule has 0 spiro atoms. The predicted molar refractivity (Wildman–Crippen MR) is 106 cm³/mol. The predicted octanol–water partition coefficient (Wildman–Crippen LogP) is 3.04. The van der Waals surface area contributed by atoms with Crippen LogP contribution in [0.25, 0.3) is 0 Å². The number of hydrogen-bond acceptors (Lipinski definition) is 4. The second-order valence-electron chi connectivity index (χ2n) is 7.08. The number of methoxy groups -OCH3 is 1. The summed E-state index contributed by atoms with van der Waals surface area (Å²) < 4.78 is 4.67. The average Bonchev–Trinajstić information content (AvgIpc) is 3.45. The lowest BCUT2D eigenvalue weighted by Crippen LogP contribution is -2.25. The SMILES string of the molecule is COC(=O)c1ccc(CCNC(=O)c2ccc(NC(=O)C3CC3C)cc2)cc1. The molecule has 0 radical (unpaired) electrons. The van der Waals surface area contributed by atoms with E-state index >= 15 is 0 Å². The van der Waals surface area contributed by atoms with Crippen molar-refractivity contribution < 1.29 is 19.1 Å². The number of rotatable bonds is 7. The van der Waals surface area contributed by atoms with Gasteiger partial charge in [0.1, 0.15) is 0 Å². The summed E-state index contributed by atoms with van der Waals surface area (Å²) in [5.41, 5.74) is 2.75. The first-order valence-corrected chi connectivity index (χ1v) is 9.34. The molecule has 6 heteroatoms. The Hall–Kier alpha value is -3.15. The molecule has 1 aliphatic rings. The molecule has 0 aromatic heterocycles. The van der Waals surface area contributed by atoms with Crippen LogP contribution in [0.2, 0.25) is 0 Å². The number of anilines is 1. The molecule has 28 heavy (non-hydrogen) atoms. The zero-order valence-corrected chi connectivity index (χ0v) is 16.0. The maximum absolute atomic E-state index is 12.3. The van der Waals surface area contributed by atoms with Crippen LogP contribution < -0.4 is 10.6 Å². The van der Waals surface area contributed by atoms with E-state index in [0.29, 0.717) is 35.7 Å². The summed E-state index contributed by atoms with van der Waals surface area (Å²) in [6.45, 7) is 2.54. The molecule has 2 unspecified atom stereocenters. The fraction of sp³-hybridized carbons (Fsp3) is 0.318. The summed E-state index contributed by atoms with van der Waals surface area (Å²) in [6.07, 6.45) is 1.60. The second kappa shape index (κ2) is 8.69. The number of amides is 2. The highest BCUT2D eigenvalue weighted by molar-refractivity contribution is 5.97. The van der Waals surface area contributed by atoms with Crippen LogP contribution in [0, 0.1) is 11.8 Å². The Morgan fingerprint density at radius 3 is 2.18 bits per heavy atom. The van der Waals surface area contributed by atoms with E-state index in [1.807, 2.05) is 12.1 Å². The maximum Gasteiger partial charge on any atom is 0.337 e. The van der Waals surface area contributed by atoms with Crippen LogP contribution >= 0.6 is 0 Å². The van der Waals surface area contributed by atoms with Crippen LogP contribution in [0.15, 0.2) is 48.5 Å². The molecule has 146 valence electrons. The van der Waals surface area contributed by atoms with Gasteiger partial charge >= 0.3 is 5.97 Å².